The second-order valence-corrected chi connectivity index (χ2v) is 7.04. The van der Waals surface area contributed by atoms with Gasteiger partial charge in [0.05, 0.1) is 45.5 Å². The highest BCUT2D eigenvalue weighted by atomic mass is 35.5. The number of amides is 1. The van der Waals surface area contributed by atoms with E-state index in [0.29, 0.717) is 11.7 Å². The van der Waals surface area contributed by atoms with Gasteiger partial charge >= 0.3 is 0 Å². The number of carbonyl (C=O) groups excluding carboxylic acids is 1. The zero-order chi connectivity index (χ0) is 18.5. The van der Waals surface area contributed by atoms with E-state index in [-0.39, 0.29) is 5.91 Å². The van der Waals surface area contributed by atoms with E-state index in [4.69, 9.17) is 11.6 Å². The molecule has 1 saturated heterocycles. The molecule has 0 bridgehead atoms. The van der Waals surface area contributed by atoms with Crippen molar-refractivity contribution in [2.24, 2.45) is 0 Å². The molecule has 2 heterocycles. The van der Waals surface area contributed by atoms with E-state index in [1.165, 1.54) is 11.0 Å². The van der Waals surface area contributed by atoms with Crippen LogP contribution in [0.5, 0.6) is 0 Å². The molecule has 0 radical (unpaired) electrons. The predicted octanol–water partition coefficient (Wildman–Crippen LogP) is 0.768. The molecule has 7 heteroatoms. The van der Waals surface area contributed by atoms with Crippen molar-refractivity contribution in [2.45, 2.75) is 13.5 Å². The number of hydrogen-bond acceptors (Lipinski definition) is 3. The summed E-state index contributed by atoms with van der Waals surface area (Å²) >= 11 is 6.48. The summed E-state index contributed by atoms with van der Waals surface area (Å²) in [7, 11) is 2.16. The number of aryl methyl sites for hydroxylation is 1. The van der Waals surface area contributed by atoms with Crippen molar-refractivity contribution in [3.05, 3.63) is 58.4 Å². The summed E-state index contributed by atoms with van der Waals surface area (Å²) in [5, 5.41) is 7.00. The lowest BCUT2D eigenvalue weighted by Crippen LogP contribution is -3.12. The molecule has 26 heavy (non-hydrogen) atoms. The number of hydrogen-bond donors (Lipinski definition) is 2. The van der Waals surface area contributed by atoms with E-state index in [9.17, 15) is 4.79 Å². The number of carbonyl (C=O) groups is 1. The van der Waals surface area contributed by atoms with E-state index in [1.54, 1.807) is 10.8 Å². The number of benzene rings is 1. The Morgan fingerprint density at radius 2 is 2.00 bits per heavy atom. The third kappa shape index (κ3) is 4.72. The average Bonchev–Trinajstić information content (AvgIpc) is 2.89. The SMILES string of the molecule is Cc1nn(Cc2ccccc2)c(Cl)c1/C=C/C(=O)NN1CC[NH+](C)CC1. The van der Waals surface area contributed by atoms with Crippen molar-refractivity contribution < 1.29 is 9.69 Å². The molecule has 0 atom stereocenters. The van der Waals surface area contributed by atoms with Crippen LogP contribution in [0.2, 0.25) is 5.15 Å². The second kappa shape index (κ2) is 8.49. The van der Waals surface area contributed by atoms with Gasteiger partial charge in [-0.3, -0.25) is 10.2 Å². The minimum atomic E-state index is -0.143. The van der Waals surface area contributed by atoms with Crippen LogP contribution >= 0.6 is 11.6 Å². The Kier molecular flexibility index (Phi) is 6.08. The normalized spacial score (nSPS) is 16.3. The first-order chi connectivity index (χ1) is 12.5. The minimum absolute atomic E-state index is 0.143. The minimum Gasteiger partial charge on any atom is -0.335 e. The third-order valence-electron chi connectivity index (χ3n) is 4.57. The molecular weight excluding hydrogens is 350 g/mol. The molecule has 1 aliphatic rings. The van der Waals surface area contributed by atoms with Crippen molar-refractivity contribution in [1.29, 1.82) is 0 Å². The summed E-state index contributed by atoms with van der Waals surface area (Å²) < 4.78 is 1.76. The molecule has 0 aliphatic carbocycles. The maximum atomic E-state index is 12.2. The van der Waals surface area contributed by atoms with Crippen LogP contribution in [0.25, 0.3) is 6.08 Å². The summed E-state index contributed by atoms with van der Waals surface area (Å²) in [4.78, 5) is 13.7. The standard InChI is InChI=1S/C19H24ClN5O/c1-15-17(8-9-18(26)22-24-12-10-23(2)11-13-24)19(20)25(21-15)14-16-6-4-3-5-7-16/h3-9H,10-14H2,1-2H3,(H,22,26)/p+1/b9-8+. The first-order valence-corrected chi connectivity index (χ1v) is 9.22. The van der Waals surface area contributed by atoms with E-state index >= 15 is 0 Å². The molecule has 1 aliphatic heterocycles. The Balaban J connectivity index is 1.63. The molecular formula is C19H25ClN5O+. The Morgan fingerprint density at radius 3 is 2.69 bits per heavy atom. The molecule has 2 N–H and O–H groups in total. The first-order valence-electron chi connectivity index (χ1n) is 8.84. The number of piperazine rings is 1. The predicted molar refractivity (Wildman–Crippen MR) is 103 cm³/mol. The van der Waals surface area contributed by atoms with Crippen LogP contribution in [0.3, 0.4) is 0 Å². The number of quaternary nitrogens is 1. The van der Waals surface area contributed by atoms with Crippen molar-refractivity contribution in [2.75, 3.05) is 33.2 Å². The highest BCUT2D eigenvalue weighted by molar-refractivity contribution is 6.31. The molecule has 1 amide bonds. The van der Waals surface area contributed by atoms with Gasteiger partial charge in [-0.15, -0.1) is 0 Å². The van der Waals surface area contributed by atoms with E-state index < -0.39 is 0 Å². The lowest BCUT2D eigenvalue weighted by Gasteiger charge is -2.29. The summed E-state index contributed by atoms with van der Waals surface area (Å²) in [6, 6.07) is 10.0. The smallest absolute Gasteiger partial charge is 0.258 e. The van der Waals surface area contributed by atoms with Gasteiger partial charge in [0, 0.05) is 11.6 Å². The summed E-state index contributed by atoms with van der Waals surface area (Å²) in [5.74, 6) is -0.143. The number of aromatic nitrogens is 2. The van der Waals surface area contributed by atoms with Crippen molar-refractivity contribution in [1.82, 2.24) is 20.2 Å². The van der Waals surface area contributed by atoms with Gasteiger partial charge in [-0.1, -0.05) is 41.9 Å². The molecule has 0 spiro atoms. The molecule has 2 aromatic rings. The van der Waals surface area contributed by atoms with Crippen LogP contribution in [0.1, 0.15) is 16.8 Å². The first kappa shape index (κ1) is 18.6. The van der Waals surface area contributed by atoms with Gasteiger partial charge in [0.15, 0.2) is 0 Å². The lowest BCUT2D eigenvalue weighted by molar-refractivity contribution is -0.884. The topological polar surface area (TPSA) is 54.6 Å². The van der Waals surface area contributed by atoms with Crippen molar-refractivity contribution >= 4 is 23.6 Å². The summed E-state index contributed by atoms with van der Waals surface area (Å²) in [5.41, 5.74) is 5.63. The molecule has 138 valence electrons. The number of nitrogens with zero attached hydrogens (tertiary/aromatic N) is 3. The van der Waals surface area contributed by atoms with Gasteiger partial charge in [0.25, 0.3) is 5.91 Å². The third-order valence-corrected chi connectivity index (χ3v) is 4.97. The molecule has 1 aromatic heterocycles. The molecule has 0 saturated carbocycles. The monoisotopic (exact) mass is 374 g/mol. The highest BCUT2D eigenvalue weighted by Crippen LogP contribution is 2.22. The number of hydrazine groups is 1. The lowest BCUT2D eigenvalue weighted by atomic mass is 10.2. The quantitative estimate of drug-likeness (QED) is 0.760. The zero-order valence-electron chi connectivity index (χ0n) is 15.2. The zero-order valence-corrected chi connectivity index (χ0v) is 16.0. The number of rotatable bonds is 5. The Bertz CT molecular complexity index is 779. The average molecular weight is 375 g/mol. The fraction of sp³-hybridized carbons (Fsp3) is 0.368. The Hall–Kier alpha value is -2.15. The largest absolute Gasteiger partial charge is 0.335 e. The Labute approximate surface area is 159 Å². The highest BCUT2D eigenvalue weighted by Gasteiger charge is 2.17. The van der Waals surface area contributed by atoms with Gasteiger partial charge in [-0.25, -0.2) is 9.69 Å². The van der Waals surface area contributed by atoms with Gasteiger partial charge in [-0.2, -0.15) is 5.10 Å². The molecule has 6 nitrogen and oxygen atoms in total. The second-order valence-electron chi connectivity index (χ2n) is 6.69. The van der Waals surface area contributed by atoms with E-state index in [2.05, 4.69) is 17.6 Å². The summed E-state index contributed by atoms with van der Waals surface area (Å²) in [6.45, 7) is 6.28. The van der Waals surface area contributed by atoms with Gasteiger partial charge in [0.2, 0.25) is 0 Å². The van der Waals surface area contributed by atoms with Crippen molar-refractivity contribution in [3.8, 4) is 0 Å². The van der Waals surface area contributed by atoms with Crippen LogP contribution in [-0.4, -0.2) is 53.9 Å². The molecule has 3 rings (SSSR count). The van der Waals surface area contributed by atoms with Crippen LogP contribution in [-0.2, 0) is 11.3 Å². The molecule has 0 unspecified atom stereocenters. The number of nitrogens with one attached hydrogen (secondary N) is 2. The molecule has 1 aromatic carbocycles. The van der Waals surface area contributed by atoms with Crippen LogP contribution < -0.4 is 10.3 Å². The van der Waals surface area contributed by atoms with Gasteiger partial charge in [-0.05, 0) is 18.6 Å². The maximum Gasteiger partial charge on any atom is 0.258 e. The molecule has 1 fully saturated rings. The van der Waals surface area contributed by atoms with Crippen molar-refractivity contribution in [3.63, 3.8) is 0 Å². The van der Waals surface area contributed by atoms with Crippen LogP contribution in [0, 0.1) is 6.92 Å². The summed E-state index contributed by atoms with van der Waals surface area (Å²) in [6.07, 6.45) is 3.26. The van der Waals surface area contributed by atoms with Crippen LogP contribution in [0.4, 0.5) is 0 Å². The Morgan fingerprint density at radius 1 is 1.31 bits per heavy atom. The fourth-order valence-corrected chi connectivity index (χ4v) is 3.27. The van der Waals surface area contributed by atoms with Gasteiger partial charge in [0.1, 0.15) is 5.15 Å². The fourth-order valence-electron chi connectivity index (χ4n) is 2.97. The van der Waals surface area contributed by atoms with Crippen LogP contribution in [0.15, 0.2) is 36.4 Å². The van der Waals surface area contributed by atoms with E-state index in [1.807, 2.05) is 42.3 Å². The van der Waals surface area contributed by atoms with Gasteiger partial charge < -0.3 is 4.90 Å². The number of halogens is 1. The number of likely N-dealkylation sites (N-methyl/N-ethyl adjacent to an activating group) is 1. The van der Waals surface area contributed by atoms with E-state index in [0.717, 1.165) is 43.0 Å². The maximum absolute atomic E-state index is 12.2.